The smallest absolute Gasteiger partial charge is 0.179 e. The second-order valence-electron chi connectivity index (χ2n) is 4.68. The van der Waals surface area contributed by atoms with Crippen molar-refractivity contribution in [2.75, 3.05) is 26.5 Å². The van der Waals surface area contributed by atoms with Crippen molar-refractivity contribution in [2.24, 2.45) is 0 Å². The van der Waals surface area contributed by atoms with Gasteiger partial charge in [0.25, 0.3) is 0 Å². The lowest BCUT2D eigenvalue weighted by molar-refractivity contribution is 0.381. The summed E-state index contributed by atoms with van der Waals surface area (Å²) >= 11 is 0. The molecule has 0 unspecified atom stereocenters. The molecule has 18 heavy (non-hydrogen) atoms. The number of methoxy groups -OCH3 is 1. The maximum absolute atomic E-state index is 11.8. The van der Waals surface area contributed by atoms with Crippen LogP contribution >= 0.6 is 0 Å². The van der Waals surface area contributed by atoms with Crippen LogP contribution in [0.3, 0.4) is 0 Å². The van der Waals surface area contributed by atoms with E-state index in [-0.39, 0.29) is 0 Å². The van der Waals surface area contributed by atoms with Crippen molar-refractivity contribution in [3.05, 3.63) is 23.8 Å². The van der Waals surface area contributed by atoms with Gasteiger partial charge in [0, 0.05) is 6.26 Å². The molecule has 0 atom stereocenters. The van der Waals surface area contributed by atoms with Crippen LogP contribution in [-0.2, 0) is 9.84 Å². The summed E-state index contributed by atoms with van der Waals surface area (Å²) in [6.07, 6.45) is 3.25. The van der Waals surface area contributed by atoms with Crippen LogP contribution in [0.2, 0.25) is 0 Å². The Morgan fingerprint density at radius 2 is 1.94 bits per heavy atom. The molecule has 0 saturated carbocycles. The quantitative estimate of drug-likeness (QED) is 0.905. The van der Waals surface area contributed by atoms with E-state index >= 15 is 0 Å². The molecule has 0 aromatic heterocycles. The average molecular weight is 269 g/mol. The van der Waals surface area contributed by atoms with Crippen LogP contribution in [0.5, 0.6) is 5.75 Å². The lowest BCUT2D eigenvalue weighted by Crippen LogP contribution is -2.27. The van der Waals surface area contributed by atoms with Gasteiger partial charge in [-0.25, -0.2) is 8.42 Å². The van der Waals surface area contributed by atoms with Crippen molar-refractivity contribution in [2.45, 2.75) is 23.7 Å². The number of para-hydroxylation sites is 1. The first-order chi connectivity index (χ1) is 8.54. The highest BCUT2D eigenvalue weighted by molar-refractivity contribution is 7.90. The highest BCUT2D eigenvalue weighted by Gasteiger charge is 2.23. The molecule has 1 aliphatic heterocycles. The van der Waals surface area contributed by atoms with E-state index in [0.717, 1.165) is 31.5 Å². The fourth-order valence-electron chi connectivity index (χ4n) is 2.50. The molecule has 1 aromatic carbocycles. The minimum Gasteiger partial charge on any atom is -0.495 e. The Hall–Kier alpha value is -1.07. The molecular formula is C13H19NO3S. The van der Waals surface area contributed by atoms with Gasteiger partial charge in [0.2, 0.25) is 0 Å². The van der Waals surface area contributed by atoms with E-state index in [2.05, 4.69) is 5.32 Å². The maximum Gasteiger partial charge on any atom is 0.179 e. The van der Waals surface area contributed by atoms with Crippen LogP contribution in [0.4, 0.5) is 0 Å². The van der Waals surface area contributed by atoms with Gasteiger partial charge >= 0.3 is 0 Å². The van der Waals surface area contributed by atoms with Crippen LogP contribution in [0.1, 0.15) is 24.3 Å². The number of sulfone groups is 1. The van der Waals surface area contributed by atoms with Gasteiger partial charge in [0.1, 0.15) is 10.6 Å². The summed E-state index contributed by atoms with van der Waals surface area (Å²) in [4.78, 5) is 0.293. The molecule has 1 aliphatic rings. The topological polar surface area (TPSA) is 55.4 Å². The molecule has 1 saturated heterocycles. The number of nitrogens with one attached hydrogen (secondary N) is 1. The molecule has 2 rings (SSSR count). The molecule has 1 N–H and O–H groups in total. The van der Waals surface area contributed by atoms with E-state index in [1.165, 1.54) is 13.4 Å². The molecule has 0 radical (unpaired) electrons. The molecule has 1 heterocycles. The Kier molecular flexibility index (Phi) is 3.92. The molecule has 5 heteroatoms. The van der Waals surface area contributed by atoms with Crippen LogP contribution in [0.15, 0.2) is 23.1 Å². The molecule has 1 aromatic rings. The van der Waals surface area contributed by atoms with E-state index < -0.39 is 9.84 Å². The SMILES string of the molecule is COc1c(C2CCNCC2)cccc1S(C)(=O)=O. The van der Waals surface area contributed by atoms with Gasteiger partial charge in [0.15, 0.2) is 9.84 Å². The van der Waals surface area contributed by atoms with Crippen molar-refractivity contribution in [3.63, 3.8) is 0 Å². The fraction of sp³-hybridized carbons (Fsp3) is 0.538. The monoisotopic (exact) mass is 269 g/mol. The molecule has 0 bridgehead atoms. The first-order valence-corrected chi connectivity index (χ1v) is 8.01. The highest BCUT2D eigenvalue weighted by atomic mass is 32.2. The van der Waals surface area contributed by atoms with E-state index in [4.69, 9.17) is 4.74 Å². The summed E-state index contributed by atoms with van der Waals surface area (Å²) < 4.78 is 28.9. The second kappa shape index (κ2) is 5.28. The summed E-state index contributed by atoms with van der Waals surface area (Å²) in [6.45, 7) is 1.94. The zero-order chi connectivity index (χ0) is 13.2. The number of rotatable bonds is 3. The Bertz CT molecular complexity index is 519. The van der Waals surface area contributed by atoms with E-state index in [0.29, 0.717) is 16.6 Å². The van der Waals surface area contributed by atoms with Gasteiger partial charge in [-0.3, -0.25) is 0 Å². The van der Waals surface area contributed by atoms with Crippen molar-refractivity contribution in [1.82, 2.24) is 5.32 Å². The first-order valence-electron chi connectivity index (χ1n) is 6.11. The summed E-state index contributed by atoms with van der Waals surface area (Å²) in [7, 11) is -1.71. The third-order valence-corrected chi connectivity index (χ3v) is 4.51. The van der Waals surface area contributed by atoms with Gasteiger partial charge in [-0.05, 0) is 43.5 Å². The molecule has 0 spiro atoms. The summed E-state index contributed by atoms with van der Waals surface area (Å²) in [5.41, 5.74) is 1.02. The van der Waals surface area contributed by atoms with Crippen molar-refractivity contribution in [3.8, 4) is 5.75 Å². The van der Waals surface area contributed by atoms with Crippen molar-refractivity contribution >= 4 is 9.84 Å². The lowest BCUT2D eigenvalue weighted by atomic mass is 9.89. The number of piperidine rings is 1. The van der Waals surface area contributed by atoms with E-state index in [9.17, 15) is 8.42 Å². The van der Waals surface area contributed by atoms with Gasteiger partial charge in [-0.15, -0.1) is 0 Å². The van der Waals surface area contributed by atoms with Gasteiger partial charge < -0.3 is 10.1 Å². The molecule has 1 fully saturated rings. The highest BCUT2D eigenvalue weighted by Crippen LogP contribution is 2.36. The number of benzene rings is 1. The van der Waals surface area contributed by atoms with E-state index in [1.807, 2.05) is 6.07 Å². The van der Waals surface area contributed by atoms with Crippen LogP contribution in [0.25, 0.3) is 0 Å². The van der Waals surface area contributed by atoms with Crippen molar-refractivity contribution < 1.29 is 13.2 Å². The van der Waals surface area contributed by atoms with Gasteiger partial charge in [-0.1, -0.05) is 12.1 Å². The normalized spacial score (nSPS) is 17.7. The summed E-state index contributed by atoms with van der Waals surface area (Å²) in [5, 5.41) is 3.31. The predicted molar refractivity (Wildman–Crippen MR) is 70.9 cm³/mol. The largest absolute Gasteiger partial charge is 0.495 e. The lowest BCUT2D eigenvalue weighted by Gasteiger charge is -2.25. The minimum absolute atomic E-state index is 0.293. The van der Waals surface area contributed by atoms with Crippen LogP contribution < -0.4 is 10.1 Å². The van der Waals surface area contributed by atoms with Gasteiger partial charge in [-0.2, -0.15) is 0 Å². The molecule has 0 aliphatic carbocycles. The molecule has 100 valence electrons. The Balaban J connectivity index is 2.47. The van der Waals surface area contributed by atoms with Gasteiger partial charge in [0.05, 0.1) is 7.11 Å². The molecule has 0 amide bonds. The number of hydrogen-bond donors (Lipinski definition) is 1. The minimum atomic E-state index is -3.25. The van der Waals surface area contributed by atoms with E-state index in [1.54, 1.807) is 12.1 Å². The third kappa shape index (κ3) is 2.67. The average Bonchev–Trinajstić information content (AvgIpc) is 2.37. The Morgan fingerprint density at radius 3 is 2.50 bits per heavy atom. The Morgan fingerprint density at radius 1 is 1.28 bits per heavy atom. The van der Waals surface area contributed by atoms with Crippen LogP contribution in [0, 0.1) is 0 Å². The zero-order valence-corrected chi connectivity index (χ0v) is 11.6. The molecule has 4 nitrogen and oxygen atoms in total. The zero-order valence-electron chi connectivity index (χ0n) is 10.8. The summed E-state index contributed by atoms with van der Waals surface area (Å²) in [5.74, 6) is 0.898. The first kappa shape index (κ1) is 13.4. The molecular weight excluding hydrogens is 250 g/mol. The van der Waals surface area contributed by atoms with Crippen LogP contribution in [-0.4, -0.2) is 34.9 Å². The maximum atomic E-state index is 11.8. The summed E-state index contributed by atoms with van der Waals surface area (Å²) in [6, 6.07) is 5.39. The number of hydrogen-bond acceptors (Lipinski definition) is 4. The number of ether oxygens (including phenoxy) is 1. The van der Waals surface area contributed by atoms with Crippen molar-refractivity contribution in [1.29, 1.82) is 0 Å². The Labute approximate surface area is 108 Å². The fourth-order valence-corrected chi connectivity index (χ4v) is 3.36. The second-order valence-corrected chi connectivity index (χ2v) is 6.66. The predicted octanol–water partition coefficient (Wildman–Crippen LogP) is 1.57. The standard InChI is InChI=1S/C13H19NO3S/c1-17-13-11(10-6-8-14-9-7-10)4-3-5-12(13)18(2,15)16/h3-5,10,14H,6-9H2,1-2H3. The third-order valence-electron chi connectivity index (χ3n) is 3.39.